The van der Waals surface area contributed by atoms with Crippen LogP contribution in [-0.2, 0) is 9.59 Å². The number of hydrazine groups is 1. The molecule has 0 aliphatic heterocycles. The third kappa shape index (κ3) is 3.65. The largest absolute Gasteiger partial charge is 0.274 e. The van der Waals surface area contributed by atoms with Crippen molar-refractivity contribution in [3.8, 4) is 0 Å². The molecular weight excluding hydrogens is 132 g/mol. The molecule has 4 nitrogen and oxygen atoms in total. The van der Waals surface area contributed by atoms with Gasteiger partial charge in [-0.05, 0) is 6.92 Å². The Kier molecular flexibility index (Phi) is 3.17. The van der Waals surface area contributed by atoms with Crippen molar-refractivity contribution in [2.75, 3.05) is 0 Å². The molecule has 0 aliphatic carbocycles. The van der Waals surface area contributed by atoms with Gasteiger partial charge in [0, 0.05) is 12.5 Å². The van der Waals surface area contributed by atoms with E-state index < -0.39 is 0 Å². The highest BCUT2D eigenvalue weighted by Crippen LogP contribution is 1.82. The maximum absolute atomic E-state index is 10.6. The molecule has 0 aromatic rings. The van der Waals surface area contributed by atoms with Crippen LogP contribution < -0.4 is 10.9 Å². The SMILES string of the molecule is C=C(C)C(=O)NNC(C)=O. The molecule has 2 N–H and O–H groups in total. The molecule has 0 aromatic carbocycles. The monoisotopic (exact) mass is 142 g/mol. The summed E-state index contributed by atoms with van der Waals surface area (Å²) in [7, 11) is 0. The molecule has 10 heavy (non-hydrogen) atoms. The molecule has 2 amide bonds. The second-order valence-electron chi connectivity index (χ2n) is 1.92. The van der Waals surface area contributed by atoms with E-state index in [4.69, 9.17) is 0 Å². The lowest BCUT2D eigenvalue weighted by Crippen LogP contribution is -2.40. The molecule has 0 radical (unpaired) electrons. The van der Waals surface area contributed by atoms with Gasteiger partial charge in [-0.25, -0.2) is 0 Å². The summed E-state index contributed by atoms with van der Waals surface area (Å²) in [5.74, 6) is -0.690. The van der Waals surface area contributed by atoms with Crippen LogP contribution in [0.1, 0.15) is 13.8 Å². The predicted octanol–water partition coefficient (Wildman–Crippen LogP) is -0.270. The fourth-order valence-electron chi connectivity index (χ4n) is 0.251. The number of hydrogen-bond donors (Lipinski definition) is 2. The van der Waals surface area contributed by atoms with E-state index in [0.717, 1.165) is 0 Å². The highest BCUT2D eigenvalue weighted by molar-refractivity contribution is 5.93. The lowest BCUT2D eigenvalue weighted by Gasteiger charge is -2.02. The molecule has 0 saturated heterocycles. The van der Waals surface area contributed by atoms with Gasteiger partial charge in [0.25, 0.3) is 5.91 Å². The lowest BCUT2D eigenvalue weighted by atomic mass is 10.3. The Bertz CT molecular complexity index is 175. The fourth-order valence-corrected chi connectivity index (χ4v) is 0.251. The number of carbonyl (C=O) groups excluding carboxylic acids is 2. The standard InChI is InChI=1S/C6H10N2O2/c1-4(2)6(10)8-7-5(3)9/h1H2,2-3H3,(H,7,9)(H,8,10). The first-order chi connectivity index (χ1) is 4.54. The van der Waals surface area contributed by atoms with Gasteiger partial charge in [0.15, 0.2) is 0 Å². The number of rotatable bonds is 1. The van der Waals surface area contributed by atoms with Crippen LogP contribution in [0.15, 0.2) is 12.2 Å². The number of hydrogen-bond acceptors (Lipinski definition) is 2. The minimum absolute atomic E-state index is 0.311. The van der Waals surface area contributed by atoms with E-state index in [1.54, 1.807) is 6.92 Å². The van der Waals surface area contributed by atoms with E-state index >= 15 is 0 Å². The van der Waals surface area contributed by atoms with Crippen molar-refractivity contribution in [2.24, 2.45) is 0 Å². The lowest BCUT2D eigenvalue weighted by molar-refractivity contribution is -0.125. The van der Waals surface area contributed by atoms with Gasteiger partial charge < -0.3 is 0 Å². The summed E-state index contributed by atoms with van der Waals surface area (Å²) >= 11 is 0. The van der Waals surface area contributed by atoms with Crippen LogP contribution in [0.25, 0.3) is 0 Å². The second kappa shape index (κ2) is 3.66. The molecule has 0 spiro atoms. The molecule has 0 bridgehead atoms. The molecule has 0 rings (SSSR count). The van der Waals surface area contributed by atoms with Crippen LogP contribution in [0.2, 0.25) is 0 Å². The van der Waals surface area contributed by atoms with E-state index in [0.29, 0.717) is 5.57 Å². The summed E-state index contributed by atoms with van der Waals surface area (Å²) in [6.07, 6.45) is 0. The smallest absolute Gasteiger partial charge is 0.264 e. The van der Waals surface area contributed by atoms with Gasteiger partial charge in [-0.2, -0.15) is 0 Å². The zero-order valence-electron chi connectivity index (χ0n) is 6.02. The molecule has 0 heterocycles. The van der Waals surface area contributed by atoms with Gasteiger partial charge in [-0.15, -0.1) is 0 Å². The quantitative estimate of drug-likeness (QED) is 0.391. The average Bonchev–Trinajstić information content (AvgIpc) is 1.82. The number of carbonyl (C=O) groups is 2. The van der Waals surface area contributed by atoms with Gasteiger partial charge in [-0.1, -0.05) is 6.58 Å². The van der Waals surface area contributed by atoms with Gasteiger partial charge in [0.1, 0.15) is 0 Å². The van der Waals surface area contributed by atoms with Crippen molar-refractivity contribution in [3.05, 3.63) is 12.2 Å². The maximum Gasteiger partial charge on any atom is 0.264 e. The van der Waals surface area contributed by atoms with E-state index in [-0.39, 0.29) is 11.8 Å². The molecular formula is C6H10N2O2. The van der Waals surface area contributed by atoms with Crippen molar-refractivity contribution in [1.29, 1.82) is 0 Å². The summed E-state index contributed by atoms with van der Waals surface area (Å²) in [4.78, 5) is 20.8. The van der Waals surface area contributed by atoms with Crippen LogP contribution in [0.5, 0.6) is 0 Å². The number of nitrogens with one attached hydrogen (secondary N) is 2. The molecule has 0 aliphatic rings. The van der Waals surface area contributed by atoms with Crippen molar-refractivity contribution in [1.82, 2.24) is 10.9 Å². The second-order valence-corrected chi connectivity index (χ2v) is 1.92. The highest BCUT2D eigenvalue weighted by Gasteiger charge is 1.99. The molecule has 4 heteroatoms. The van der Waals surface area contributed by atoms with E-state index in [9.17, 15) is 9.59 Å². The third-order valence-electron chi connectivity index (χ3n) is 0.740. The van der Waals surface area contributed by atoms with Crippen LogP contribution in [0.4, 0.5) is 0 Å². The zero-order valence-corrected chi connectivity index (χ0v) is 6.02. The Labute approximate surface area is 59.3 Å². The summed E-state index contributed by atoms with van der Waals surface area (Å²) in [6.45, 7) is 6.23. The minimum Gasteiger partial charge on any atom is -0.274 e. The van der Waals surface area contributed by atoms with Crippen molar-refractivity contribution < 1.29 is 9.59 Å². The first-order valence-electron chi connectivity index (χ1n) is 2.76. The summed E-state index contributed by atoms with van der Waals surface area (Å²) in [5.41, 5.74) is 4.63. The van der Waals surface area contributed by atoms with E-state index in [1.165, 1.54) is 6.92 Å². The molecule has 0 fully saturated rings. The van der Waals surface area contributed by atoms with Crippen LogP contribution in [0.3, 0.4) is 0 Å². The zero-order chi connectivity index (χ0) is 8.15. The van der Waals surface area contributed by atoms with Crippen molar-refractivity contribution in [3.63, 3.8) is 0 Å². The van der Waals surface area contributed by atoms with Gasteiger partial charge in [0.2, 0.25) is 5.91 Å². The highest BCUT2D eigenvalue weighted by atomic mass is 16.2. The Hall–Kier alpha value is -1.32. The first-order valence-corrected chi connectivity index (χ1v) is 2.76. The molecule has 56 valence electrons. The Morgan fingerprint density at radius 2 is 1.70 bits per heavy atom. The fraction of sp³-hybridized carbons (Fsp3) is 0.333. The molecule has 0 atom stereocenters. The summed E-state index contributed by atoms with van der Waals surface area (Å²) < 4.78 is 0. The van der Waals surface area contributed by atoms with Crippen molar-refractivity contribution in [2.45, 2.75) is 13.8 Å². The van der Waals surface area contributed by atoms with Crippen LogP contribution in [0, 0.1) is 0 Å². The number of amides is 2. The molecule has 0 aromatic heterocycles. The Morgan fingerprint density at radius 1 is 1.20 bits per heavy atom. The summed E-state index contributed by atoms with van der Waals surface area (Å²) in [6, 6.07) is 0. The maximum atomic E-state index is 10.6. The van der Waals surface area contributed by atoms with Gasteiger partial charge >= 0.3 is 0 Å². The van der Waals surface area contributed by atoms with Gasteiger partial charge in [0.05, 0.1) is 0 Å². The van der Waals surface area contributed by atoms with E-state index in [2.05, 4.69) is 17.4 Å². The van der Waals surface area contributed by atoms with Crippen LogP contribution >= 0.6 is 0 Å². The first kappa shape index (κ1) is 8.68. The molecule has 0 saturated carbocycles. The summed E-state index contributed by atoms with van der Waals surface area (Å²) in [5, 5.41) is 0. The Morgan fingerprint density at radius 3 is 2.00 bits per heavy atom. The van der Waals surface area contributed by atoms with Crippen LogP contribution in [-0.4, -0.2) is 11.8 Å². The predicted molar refractivity (Wildman–Crippen MR) is 36.8 cm³/mol. The van der Waals surface area contributed by atoms with Crippen molar-refractivity contribution >= 4 is 11.8 Å². The van der Waals surface area contributed by atoms with E-state index in [1.807, 2.05) is 0 Å². The minimum atomic E-state index is -0.379. The molecule has 0 unspecified atom stereocenters. The third-order valence-corrected chi connectivity index (χ3v) is 0.740. The Balaban J connectivity index is 3.60. The average molecular weight is 142 g/mol. The van der Waals surface area contributed by atoms with Gasteiger partial charge in [-0.3, -0.25) is 20.4 Å². The normalized spacial score (nSPS) is 8.20. The topological polar surface area (TPSA) is 58.2 Å².